The van der Waals surface area contributed by atoms with Crippen LogP contribution < -0.4 is 11.1 Å². The number of nitrogens with one attached hydrogen (secondary N) is 1. The molecule has 0 aliphatic rings. The molecule has 3 N–H and O–H groups in total. The van der Waals surface area contributed by atoms with Crippen LogP contribution in [0.25, 0.3) is 0 Å². The lowest BCUT2D eigenvalue weighted by Crippen LogP contribution is -2.56. The van der Waals surface area contributed by atoms with Crippen LogP contribution in [0.2, 0.25) is 0 Å². The zero-order chi connectivity index (χ0) is 13.1. The fourth-order valence-electron chi connectivity index (χ4n) is 1.45. The summed E-state index contributed by atoms with van der Waals surface area (Å²) in [5.74, 6) is 0.219. The van der Waals surface area contributed by atoms with Gasteiger partial charge in [-0.3, -0.25) is 9.48 Å². The summed E-state index contributed by atoms with van der Waals surface area (Å²) in [5.41, 5.74) is 5.36. The summed E-state index contributed by atoms with van der Waals surface area (Å²) >= 11 is 0. The van der Waals surface area contributed by atoms with Gasteiger partial charge in [0.05, 0.1) is 5.54 Å². The van der Waals surface area contributed by atoms with E-state index in [9.17, 15) is 4.79 Å². The summed E-state index contributed by atoms with van der Waals surface area (Å²) in [5, 5.41) is 7.07. The van der Waals surface area contributed by atoms with E-state index in [-0.39, 0.29) is 23.4 Å². The topological polar surface area (TPSA) is 72.9 Å². The Hall–Kier alpha value is -1.36. The third kappa shape index (κ3) is 3.06. The zero-order valence-corrected chi connectivity index (χ0v) is 11.0. The first kappa shape index (κ1) is 13.7. The van der Waals surface area contributed by atoms with Crippen LogP contribution in [0.1, 0.15) is 33.7 Å². The van der Waals surface area contributed by atoms with E-state index in [2.05, 4.69) is 10.4 Å². The van der Waals surface area contributed by atoms with E-state index in [0.717, 1.165) is 0 Å². The Morgan fingerprint density at radius 3 is 2.59 bits per heavy atom. The number of aromatic nitrogens is 2. The summed E-state index contributed by atoms with van der Waals surface area (Å²) in [4.78, 5) is 12.1. The smallest absolute Gasteiger partial charge is 0.245 e. The molecule has 0 radical (unpaired) electrons. The minimum atomic E-state index is -0.376. The Kier molecular flexibility index (Phi) is 4.28. The Labute approximate surface area is 102 Å². The molecule has 5 heteroatoms. The summed E-state index contributed by atoms with van der Waals surface area (Å²) in [7, 11) is 0. The van der Waals surface area contributed by atoms with Crippen molar-refractivity contribution in [1.82, 2.24) is 15.1 Å². The van der Waals surface area contributed by atoms with Crippen LogP contribution in [0.5, 0.6) is 0 Å². The Balaban J connectivity index is 2.72. The number of carbonyl (C=O) groups excluding carboxylic acids is 1. The van der Waals surface area contributed by atoms with Gasteiger partial charge in [-0.05, 0) is 25.8 Å². The highest BCUT2D eigenvalue weighted by molar-refractivity contribution is 5.80. The van der Waals surface area contributed by atoms with Crippen LogP contribution in [0, 0.1) is 5.92 Å². The van der Waals surface area contributed by atoms with Gasteiger partial charge in [-0.15, -0.1) is 0 Å². The van der Waals surface area contributed by atoms with Crippen molar-refractivity contribution >= 4 is 5.91 Å². The van der Waals surface area contributed by atoms with Crippen molar-refractivity contribution < 1.29 is 4.79 Å². The molecule has 0 fully saturated rings. The molecule has 0 spiro atoms. The molecule has 1 aromatic heterocycles. The summed E-state index contributed by atoms with van der Waals surface area (Å²) in [6.07, 6.45) is 3.44. The molecule has 0 bridgehead atoms. The molecule has 0 aliphatic heterocycles. The highest BCUT2D eigenvalue weighted by atomic mass is 16.2. The van der Waals surface area contributed by atoms with Crippen molar-refractivity contribution in [3.05, 3.63) is 18.5 Å². The molecule has 2 unspecified atom stereocenters. The number of carbonyl (C=O) groups is 1. The highest BCUT2D eigenvalue weighted by Gasteiger charge is 2.30. The summed E-state index contributed by atoms with van der Waals surface area (Å²) < 4.78 is 1.63. The maximum absolute atomic E-state index is 12.1. The quantitative estimate of drug-likeness (QED) is 0.801. The van der Waals surface area contributed by atoms with Crippen molar-refractivity contribution in [2.45, 2.75) is 39.3 Å². The normalized spacial score (nSPS) is 16.6. The number of rotatable bonds is 5. The van der Waals surface area contributed by atoms with E-state index in [4.69, 9.17) is 5.73 Å². The van der Waals surface area contributed by atoms with Crippen molar-refractivity contribution in [3.63, 3.8) is 0 Å². The van der Waals surface area contributed by atoms with Gasteiger partial charge >= 0.3 is 0 Å². The lowest BCUT2D eigenvalue weighted by atomic mass is 9.88. The molecule has 1 amide bonds. The predicted octanol–water partition coefficient (Wildman–Crippen LogP) is 0.934. The molecule has 2 atom stereocenters. The second-order valence-electron chi connectivity index (χ2n) is 4.93. The van der Waals surface area contributed by atoms with Crippen molar-refractivity contribution in [2.75, 3.05) is 6.54 Å². The second kappa shape index (κ2) is 5.31. The second-order valence-corrected chi connectivity index (χ2v) is 4.93. The van der Waals surface area contributed by atoms with Gasteiger partial charge < -0.3 is 11.1 Å². The van der Waals surface area contributed by atoms with Crippen molar-refractivity contribution in [2.24, 2.45) is 11.7 Å². The van der Waals surface area contributed by atoms with Gasteiger partial charge in [0.1, 0.15) is 6.04 Å². The number of hydrogen-bond donors (Lipinski definition) is 2. The Morgan fingerprint density at radius 2 is 2.18 bits per heavy atom. The molecule has 17 heavy (non-hydrogen) atoms. The number of nitrogens with two attached hydrogens (primary N) is 1. The van der Waals surface area contributed by atoms with Crippen LogP contribution in [-0.2, 0) is 4.79 Å². The van der Waals surface area contributed by atoms with Crippen molar-refractivity contribution in [1.29, 1.82) is 0 Å². The van der Waals surface area contributed by atoms with E-state index in [1.54, 1.807) is 23.1 Å². The average molecular weight is 238 g/mol. The fraction of sp³-hybridized carbons (Fsp3) is 0.667. The van der Waals surface area contributed by atoms with Gasteiger partial charge in [-0.2, -0.15) is 5.10 Å². The number of amides is 1. The minimum absolute atomic E-state index is 0.0599. The number of hydrogen-bond acceptors (Lipinski definition) is 3. The van der Waals surface area contributed by atoms with Gasteiger partial charge in [0.15, 0.2) is 0 Å². The molecule has 0 saturated carbocycles. The van der Waals surface area contributed by atoms with Gasteiger partial charge in [-0.1, -0.05) is 13.8 Å². The first-order valence-corrected chi connectivity index (χ1v) is 5.92. The third-order valence-corrected chi connectivity index (χ3v) is 3.41. The molecular weight excluding hydrogens is 216 g/mol. The van der Waals surface area contributed by atoms with Crippen LogP contribution in [0.15, 0.2) is 18.5 Å². The molecule has 0 saturated heterocycles. The minimum Gasteiger partial charge on any atom is -0.348 e. The molecule has 0 aliphatic carbocycles. The molecule has 1 rings (SSSR count). The van der Waals surface area contributed by atoms with Crippen LogP contribution in [0.3, 0.4) is 0 Å². The monoisotopic (exact) mass is 238 g/mol. The fourth-order valence-corrected chi connectivity index (χ4v) is 1.45. The zero-order valence-electron chi connectivity index (χ0n) is 11.0. The summed E-state index contributed by atoms with van der Waals surface area (Å²) in [6.45, 7) is 8.30. The Morgan fingerprint density at radius 1 is 1.53 bits per heavy atom. The molecule has 5 nitrogen and oxygen atoms in total. The van der Waals surface area contributed by atoms with Gasteiger partial charge in [0, 0.05) is 18.9 Å². The van der Waals surface area contributed by atoms with E-state index in [1.807, 2.05) is 27.7 Å². The maximum Gasteiger partial charge on any atom is 0.245 e. The third-order valence-electron chi connectivity index (χ3n) is 3.41. The van der Waals surface area contributed by atoms with Gasteiger partial charge in [-0.25, -0.2) is 0 Å². The number of nitrogens with zero attached hydrogens (tertiary/aromatic N) is 2. The van der Waals surface area contributed by atoms with Gasteiger partial charge in [0.25, 0.3) is 0 Å². The molecule has 96 valence electrons. The summed E-state index contributed by atoms with van der Waals surface area (Å²) in [6, 6.07) is 1.48. The Bertz CT molecular complexity index is 361. The highest BCUT2D eigenvalue weighted by Crippen LogP contribution is 2.16. The SMILES string of the molecule is CC(C(=O)NC(C)(CN)C(C)C)n1cccn1. The molecule has 0 aromatic carbocycles. The maximum atomic E-state index is 12.1. The predicted molar refractivity (Wildman–Crippen MR) is 67.4 cm³/mol. The lowest BCUT2D eigenvalue weighted by Gasteiger charge is -2.34. The first-order chi connectivity index (χ1) is 7.90. The van der Waals surface area contributed by atoms with Crippen LogP contribution >= 0.6 is 0 Å². The largest absolute Gasteiger partial charge is 0.348 e. The molecule has 1 aromatic rings. The average Bonchev–Trinajstić information content (AvgIpc) is 2.80. The standard InChI is InChI=1S/C12H22N4O/c1-9(2)12(4,8-13)15-11(17)10(3)16-7-5-6-14-16/h5-7,9-10H,8,13H2,1-4H3,(H,15,17). The van der Waals surface area contributed by atoms with E-state index in [1.165, 1.54) is 0 Å². The van der Waals surface area contributed by atoms with Gasteiger partial charge in [0.2, 0.25) is 5.91 Å². The van der Waals surface area contributed by atoms with E-state index >= 15 is 0 Å². The van der Waals surface area contributed by atoms with E-state index in [0.29, 0.717) is 6.54 Å². The van der Waals surface area contributed by atoms with E-state index < -0.39 is 0 Å². The first-order valence-electron chi connectivity index (χ1n) is 5.92. The van der Waals surface area contributed by atoms with Crippen LogP contribution in [-0.4, -0.2) is 27.8 Å². The van der Waals surface area contributed by atoms with Crippen molar-refractivity contribution in [3.8, 4) is 0 Å². The molecular formula is C12H22N4O. The molecule has 1 heterocycles. The van der Waals surface area contributed by atoms with Crippen LogP contribution in [0.4, 0.5) is 0 Å². The lowest BCUT2D eigenvalue weighted by molar-refractivity contribution is -0.126.